The van der Waals surface area contributed by atoms with E-state index in [4.69, 9.17) is 28.7 Å². The Kier molecular flexibility index (Phi) is 90.9. The van der Waals surface area contributed by atoms with Gasteiger partial charge in [0.1, 0.15) is 0 Å². The molecule has 12 heavy (non-hydrogen) atoms. The Labute approximate surface area is 85.3 Å². The monoisotopic (exact) mass is 298 g/mol. The summed E-state index contributed by atoms with van der Waals surface area (Å²) in [7, 11) is -6.74. The highest BCUT2D eigenvalue weighted by Gasteiger charge is 1.53. The molecule has 0 amide bonds. The Balaban J connectivity index is -0.0000000112. The maximum absolute atomic E-state index is 8.48. The quantitative estimate of drug-likeness (QED) is 0.418. The van der Waals surface area contributed by atoms with Gasteiger partial charge in [-0.25, -0.2) is 0 Å². The molecule has 0 aromatic rings. The fraction of sp³-hybridized carbons (Fsp3) is 0. The van der Waals surface area contributed by atoms with Gasteiger partial charge in [0.2, 0.25) is 0 Å². The summed E-state index contributed by atoms with van der Waals surface area (Å²) in [6.45, 7) is 0. The van der Waals surface area contributed by atoms with Crippen LogP contribution in [0.25, 0.3) is 0 Å². The molecule has 0 radical (unpaired) electrons. The second kappa shape index (κ2) is 29.3. The lowest BCUT2D eigenvalue weighted by molar-refractivity contribution is -0.298. The van der Waals surface area contributed by atoms with Crippen molar-refractivity contribution < 1.29 is 28.7 Å². The molecule has 0 bridgehead atoms. The van der Waals surface area contributed by atoms with E-state index in [-0.39, 0.29) is 39.6 Å². The van der Waals surface area contributed by atoms with Crippen LogP contribution in [0.3, 0.4) is 0 Å². The van der Waals surface area contributed by atoms with Crippen molar-refractivity contribution in [3.05, 3.63) is 0 Å². The lowest BCUT2D eigenvalue weighted by Crippen LogP contribution is -1.97. The van der Waals surface area contributed by atoms with E-state index in [1.165, 1.54) is 0 Å². The largest absolute Gasteiger partial charge is 0.598 e. The summed E-state index contributed by atoms with van der Waals surface area (Å²) in [5.41, 5.74) is 0. The van der Waals surface area contributed by atoms with E-state index < -0.39 is 16.5 Å². The highest BCUT2D eigenvalue weighted by atomic mass is 31.1. The first-order valence-corrected chi connectivity index (χ1v) is 3.29. The Morgan fingerprint density at radius 3 is 0.583 bits per heavy atom. The van der Waals surface area contributed by atoms with Crippen LogP contribution in [-0.2, 0) is 9.13 Å². The van der Waals surface area contributed by atoms with Crippen LogP contribution in [-0.4, -0.2) is 0 Å². The van der Waals surface area contributed by atoms with E-state index in [9.17, 15) is 0 Å². The first-order chi connectivity index (χ1) is 3.46. The summed E-state index contributed by atoms with van der Waals surface area (Å²) in [6, 6.07) is 0. The second-order valence-corrected chi connectivity index (χ2v) is 1.34. The predicted octanol–water partition coefficient (Wildman–Crippen LogP) is -4.11. The molecule has 6 nitrogen and oxygen atoms in total. The van der Waals surface area contributed by atoms with Crippen molar-refractivity contribution >= 4 is 56.1 Å². The lowest BCUT2D eigenvalue weighted by Gasteiger charge is -1.75. The van der Waals surface area contributed by atoms with Crippen molar-refractivity contribution in [3.8, 4) is 0 Å². The van der Waals surface area contributed by atoms with Gasteiger partial charge < -0.3 is 19.6 Å². The maximum atomic E-state index is 8.48. The molecule has 4 atom stereocenters. The van der Waals surface area contributed by atoms with Crippen molar-refractivity contribution in [2.75, 3.05) is 0 Å². The Morgan fingerprint density at radius 2 is 0.583 bits per heavy atom. The van der Waals surface area contributed by atoms with Crippen molar-refractivity contribution in [1.82, 2.24) is 0 Å². The smallest absolute Gasteiger partial charge is 0.276 e. The van der Waals surface area contributed by atoms with Gasteiger partial charge in [0.15, 0.2) is 0 Å². The van der Waals surface area contributed by atoms with Gasteiger partial charge in [-0.3, -0.25) is 0 Å². The highest BCUT2D eigenvalue weighted by Crippen LogP contribution is 1.80. The molecule has 0 aliphatic rings. The van der Waals surface area contributed by atoms with Crippen LogP contribution in [0.4, 0.5) is 0 Å². The third kappa shape index (κ3) is 440. The van der Waals surface area contributed by atoms with E-state index >= 15 is 0 Å². The molecule has 0 aromatic heterocycles. The molecule has 4 unspecified atom stereocenters. The normalized spacial score (nSPS) is 4.33. The van der Waals surface area contributed by atoms with Crippen LogP contribution in [0.5, 0.6) is 0 Å². The van der Waals surface area contributed by atoms with Crippen molar-refractivity contribution in [3.63, 3.8) is 0 Å². The van der Waals surface area contributed by atoms with E-state index in [1.807, 2.05) is 0 Å². The summed E-state index contributed by atoms with van der Waals surface area (Å²) in [5.74, 6) is 0. The zero-order chi connectivity index (χ0) is 7.15. The molecule has 0 spiro atoms. The fourth-order valence-electron chi connectivity index (χ4n) is 0. The molecule has 0 fully saturated rings. The Morgan fingerprint density at radius 1 is 0.583 bits per heavy atom. The molecule has 0 heterocycles. The molecule has 12 heteroatoms. The average molecular weight is 298 g/mol. The van der Waals surface area contributed by atoms with Gasteiger partial charge in [0, 0.05) is 0 Å². The van der Waals surface area contributed by atoms with Crippen LogP contribution < -0.4 is 19.6 Å². The van der Waals surface area contributed by atoms with Gasteiger partial charge in [-0.15, -0.1) is 0 Å². The molecule has 0 saturated carbocycles. The van der Waals surface area contributed by atoms with E-state index in [2.05, 4.69) is 0 Å². The summed E-state index contributed by atoms with van der Waals surface area (Å²) in [5, 5.41) is 0. The number of rotatable bonds is 0. The first kappa shape index (κ1) is 37.2. The second-order valence-electron chi connectivity index (χ2n) is 0.447. The highest BCUT2D eigenvalue weighted by molar-refractivity contribution is 7.27. The van der Waals surface area contributed by atoms with E-state index in [1.54, 1.807) is 0 Å². The standard InChI is InChI=1S/2HO3P.4H3P/c2*1-4(2)3;;;;/h2*(H,1,2,3);4*1H3/p+2. The summed E-state index contributed by atoms with van der Waals surface area (Å²) in [6.07, 6.45) is 0. The predicted molar refractivity (Wildman–Crippen MR) is 65.2 cm³/mol. The molecular weight excluding hydrogens is 282 g/mol. The first-order valence-electron chi connectivity index (χ1n) is 1.10. The molecular formula is H16O6P6+2. The van der Waals surface area contributed by atoms with E-state index in [0.29, 0.717) is 0 Å². The van der Waals surface area contributed by atoms with Gasteiger partial charge in [0.05, 0.1) is 0 Å². The van der Waals surface area contributed by atoms with Crippen LogP contribution in [0.2, 0.25) is 0 Å². The summed E-state index contributed by atoms with van der Waals surface area (Å²) >= 11 is 0. The van der Waals surface area contributed by atoms with Crippen molar-refractivity contribution in [2.24, 2.45) is 0 Å². The summed E-state index contributed by atoms with van der Waals surface area (Å²) < 4.78 is 17.0. The molecule has 0 aliphatic heterocycles. The van der Waals surface area contributed by atoms with Gasteiger partial charge in [-0.2, -0.15) is 0 Å². The zero-order valence-electron chi connectivity index (χ0n) is 7.34. The van der Waals surface area contributed by atoms with Crippen LogP contribution >= 0.6 is 56.1 Å². The SMILES string of the molecule is O=[P+]([O-])[O-].O=[P+]([O-])[O-].[PH4+].[PH4+].[PH4+].[PH4+]. The van der Waals surface area contributed by atoms with Crippen LogP contribution in [0.1, 0.15) is 0 Å². The molecule has 0 aliphatic carbocycles. The topological polar surface area (TPSA) is 126 Å². The Hall–Kier alpha value is 1.76. The summed E-state index contributed by atoms with van der Waals surface area (Å²) in [4.78, 5) is 33.9. The third-order valence-electron chi connectivity index (χ3n) is 0. The zero-order valence-corrected chi connectivity index (χ0v) is 17.1. The fourth-order valence-corrected chi connectivity index (χ4v) is 0. The molecule has 0 N–H and O–H groups in total. The third-order valence-corrected chi connectivity index (χ3v) is 0. The van der Waals surface area contributed by atoms with E-state index in [0.717, 1.165) is 0 Å². The molecule has 0 saturated heterocycles. The number of hydrogen-bond donors (Lipinski definition) is 0. The minimum atomic E-state index is -3.37. The number of hydrogen-bond acceptors (Lipinski definition) is 6. The van der Waals surface area contributed by atoms with Gasteiger partial charge >= 0.3 is 0 Å². The van der Waals surface area contributed by atoms with Gasteiger partial charge in [-0.1, -0.05) is 9.13 Å². The molecule has 0 aromatic carbocycles. The minimum Gasteiger partial charge on any atom is -0.598 e. The van der Waals surface area contributed by atoms with Crippen molar-refractivity contribution in [2.45, 2.75) is 0 Å². The van der Waals surface area contributed by atoms with Crippen LogP contribution in [0, 0.1) is 0 Å². The lowest BCUT2D eigenvalue weighted by atomic mass is 15.8. The van der Waals surface area contributed by atoms with Gasteiger partial charge in [0.25, 0.3) is 16.5 Å². The van der Waals surface area contributed by atoms with Crippen LogP contribution in [0.15, 0.2) is 0 Å². The average Bonchev–Trinajstić information content (AvgIpc) is 1.25. The van der Waals surface area contributed by atoms with Gasteiger partial charge in [-0.05, 0) is 39.6 Å². The molecule has 80 valence electrons. The maximum Gasteiger partial charge on any atom is 0.276 e. The Bertz CT molecular complexity index is 70.0. The minimum absolute atomic E-state index is 0. The molecule has 0 rings (SSSR count). The van der Waals surface area contributed by atoms with Crippen molar-refractivity contribution in [1.29, 1.82) is 0 Å².